The quantitative estimate of drug-likeness (QED) is 0.119. The van der Waals surface area contributed by atoms with Gasteiger partial charge in [-0.1, -0.05) is 40.7 Å². The summed E-state index contributed by atoms with van der Waals surface area (Å²) in [4.78, 5) is 17.8. The van der Waals surface area contributed by atoms with Crippen LogP contribution in [0.15, 0.2) is 17.8 Å². The molecule has 1 rings (SSSR count). The number of piperidine rings is 1. The summed E-state index contributed by atoms with van der Waals surface area (Å²) in [5.74, 6) is 0.514. The van der Waals surface area contributed by atoms with Gasteiger partial charge in [-0.3, -0.25) is 0 Å². The zero-order valence-corrected chi connectivity index (χ0v) is 18.0. The molecule has 0 saturated carbocycles. The Hall–Kier alpha value is -0.950. The van der Waals surface area contributed by atoms with E-state index in [1.165, 1.54) is 0 Å². The van der Waals surface area contributed by atoms with E-state index in [-0.39, 0.29) is 24.2 Å². The molecule has 0 radical (unpaired) electrons. The predicted molar refractivity (Wildman–Crippen MR) is 110 cm³/mol. The van der Waals surface area contributed by atoms with E-state index in [0.29, 0.717) is 12.3 Å². The summed E-state index contributed by atoms with van der Waals surface area (Å²) in [6.45, 7) is 11.7. The molecule has 1 unspecified atom stereocenters. The van der Waals surface area contributed by atoms with E-state index >= 15 is 0 Å². The van der Waals surface area contributed by atoms with Crippen LogP contribution in [0.3, 0.4) is 0 Å². The van der Waals surface area contributed by atoms with Gasteiger partial charge in [0.25, 0.3) is 0 Å². The van der Waals surface area contributed by atoms with Gasteiger partial charge in [0.1, 0.15) is 5.60 Å². The van der Waals surface area contributed by atoms with Gasteiger partial charge in [0.15, 0.2) is 0 Å². The highest BCUT2D eigenvalue weighted by atomic mass is 127. The number of amides is 1. The number of hydrogen-bond donors (Lipinski definition) is 0. The van der Waals surface area contributed by atoms with E-state index in [9.17, 15) is 4.79 Å². The second-order valence-corrected chi connectivity index (χ2v) is 8.95. The number of nitrogens with zero attached hydrogens (tertiary/aromatic N) is 4. The molecule has 0 spiro atoms. The minimum Gasteiger partial charge on any atom is -0.444 e. The van der Waals surface area contributed by atoms with Crippen LogP contribution in [0.1, 0.15) is 59.8 Å². The van der Waals surface area contributed by atoms with Gasteiger partial charge in [-0.2, -0.15) is 0 Å². The smallest absolute Gasteiger partial charge is 0.410 e. The maximum absolute atomic E-state index is 12.9. The van der Waals surface area contributed by atoms with Crippen LogP contribution in [0, 0.1) is 5.92 Å². The van der Waals surface area contributed by atoms with Crippen LogP contribution in [-0.4, -0.2) is 39.1 Å². The van der Waals surface area contributed by atoms with Gasteiger partial charge in [0, 0.05) is 23.0 Å². The molecule has 1 aliphatic rings. The van der Waals surface area contributed by atoms with Crippen molar-refractivity contribution in [2.45, 2.75) is 83.5 Å². The maximum atomic E-state index is 12.9. The summed E-state index contributed by atoms with van der Waals surface area (Å²) in [6.07, 6.45) is 5.70. The normalized spacial score (nSPS) is 25.0. The largest absolute Gasteiger partial charge is 0.444 e. The van der Waals surface area contributed by atoms with Gasteiger partial charge < -0.3 is 9.64 Å². The number of carbonyl (C=O) groups excluding carboxylic acids is 1. The average Bonchev–Trinajstić information content (AvgIpc) is 2.45. The standard InChI is InChI=1S/C18H31IN4O2/c1-6-7-15-10-13(2)11-16(12-14(8-9-19)21-22-20)23(15)17(24)25-18(3,4)5/h6,13-16H,1,7-12H2,2-5H3/t13-,14-,15+,16?/m0/s1. The first kappa shape index (κ1) is 22.1. The molecule has 7 heteroatoms. The third kappa shape index (κ3) is 7.44. The van der Waals surface area contributed by atoms with Crippen molar-refractivity contribution in [3.8, 4) is 0 Å². The summed E-state index contributed by atoms with van der Waals surface area (Å²) in [5, 5.41) is 3.95. The Bertz CT molecular complexity index is 500. The number of rotatable bonds is 7. The molecule has 142 valence electrons. The molecule has 6 nitrogen and oxygen atoms in total. The molecule has 0 aromatic heterocycles. The van der Waals surface area contributed by atoms with E-state index in [1.807, 2.05) is 31.7 Å². The Morgan fingerprint density at radius 1 is 1.48 bits per heavy atom. The summed E-state index contributed by atoms with van der Waals surface area (Å²) in [5.41, 5.74) is 8.31. The number of hydrogen-bond acceptors (Lipinski definition) is 3. The highest BCUT2D eigenvalue weighted by Gasteiger charge is 2.39. The lowest BCUT2D eigenvalue weighted by Gasteiger charge is -2.45. The van der Waals surface area contributed by atoms with Crippen LogP contribution >= 0.6 is 22.6 Å². The van der Waals surface area contributed by atoms with E-state index in [1.54, 1.807) is 0 Å². The monoisotopic (exact) mass is 462 g/mol. The van der Waals surface area contributed by atoms with Crippen molar-refractivity contribution in [2.75, 3.05) is 4.43 Å². The lowest BCUT2D eigenvalue weighted by atomic mass is 9.83. The zero-order chi connectivity index (χ0) is 19.0. The Balaban J connectivity index is 3.06. The minimum absolute atomic E-state index is 0.0296. The fourth-order valence-corrected chi connectivity index (χ4v) is 4.23. The lowest BCUT2D eigenvalue weighted by molar-refractivity contribution is -0.0141. The zero-order valence-electron chi connectivity index (χ0n) is 15.8. The van der Waals surface area contributed by atoms with E-state index < -0.39 is 5.60 Å². The molecule has 4 atom stereocenters. The van der Waals surface area contributed by atoms with Crippen molar-refractivity contribution in [1.29, 1.82) is 0 Å². The lowest BCUT2D eigenvalue weighted by Crippen LogP contribution is -2.54. The first-order chi connectivity index (χ1) is 11.7. The molecule has 1 amide bonds. The van der Waals surface area contributed by atoms with E-state index in [0.717, 1.165) is 30.1 Å². The molecule has 1 fully saturated rings. The molecule has 25 heavy (non-hydrogen) atoms. The second-order valence-electron chi connectivity index (χ2n) is 7.87. The Kier molecular flexibility index (Phi) is 9.07. The molecule has 0 aliphatic carbocycles. The van der Waals surface area contributed by atoms with Crippen molar-refractivity contribution >= 4 is 28.7 Å². The minimum atomic E-state index is -0.532. The highest BCUT2D eigenvalue weighted by molar-refractivity contribution is 14.1. The number of ether oxygens (including phenoxy) is 1. The van der Waals surface area contributed by atoms with E-state index in [2.05, 4.69) is 46.1 Å². The predicted octanol–water partition coefficient (Wildman–Crippen LogP) is 5.86. The Morgan fingerprint density at radius 2 is 2.12 bits per heavy atom. The van der Waals surface area contributed by atoms with Crippen molar-refractivity contribution in [2.24, 2.45) is 11.0 Å². The maximum Gasteiger partial charge on any atom is 0.410 e. The van der Waals surface area contributed by atoms with Crippen molar-refractivity contribution in [3.05, 3.63) is 23.1 Å². The van der Waals surface area contributed by atoms with Crippen molar-refractivity contribution < 1.29 is 9.53 Å². The first-order valence-corrected chi connectivity index (χ1v) is 10.5. The third-order valence-corrected chi connectivity index (χ3v) is 5.00. The molecular weight excluding hydrogens is 431 g/mol. The molecule has 0 N–H and O–H groups in total. The van der Waals surface area contributed by atoms with Crippen LogP contribution in [0.5, 0.6) is 0 Å². The molecule has 1 saturated heterocycles. The molecule has 1 heterocycles. The summed E-state index contributed by atoms with van der Waals surface area (Å²) in [7, 11) is 0. The SMILES string of the molecule is C=CC[C@@H]1C[C@H](C)CC(C[C@H](CCI)N=[N+]=[N-])N1C(=O)OC(C)(C)C. The van der Waals surface area contributed by atoms with Crippen molar-refractivity contribution in [3.63, 3.8) is 0 Å². The molecular formula is C18H31IN4O2. The van der Waals surface area contributed by atoms with Gasteiger partial charge in [-0.25, -0.2) is 4.79 Å². The average molecular weight is 462 g/mol. The number of likely N-dealkylation sites (tertiary alicyclic amines) is 1. The Morgan fingerprint density at radius 3 is 2.64 bits per heavy atom. The topological polar surface area (TPSA) is 78.3 Å². The number of alkyl halides is 1. The van der Waals surface area contributed by atoms with Gasteiger partial charge >= 0.3 is 6.09 Å². The van der Waals surface area contributed by atoms with Crippen LogP contribution < -0.4 is 0 Å². The fraction of sp³-hybridized carbons (Fsp3) is 0.833. The Labute approximate surface area is 165 Å². The number of azide groups is 1. The molecule has 0 aromatic rings. The van der Waals surface area contributed by atoms with Crippen LogP contribution in [0.2, 0.25) is 0 Å². The second kappa shape index (κ2) is 10.3. The fourth-order valence-electron chi connectivity index (χ4n) is 3.51. The van der Waals surface area contributed by atoms with Crippen LogP contribution in [0.4, 0.5) is 4.79 Å². The van der Waals surface area contributed by atoms with Gasteiger partial charge in [-0.05, 0) is 68.8 Å². The molecule has 0 aromatic carbocycles. The summed E-state index contributed by atoms with van der Waals surface area (Å²) >= 11 is 2.29. The van der Waals surface area contributed by atoms with Crippen LogP contribution in [-0.2, 0) is 4.74 Å². The number of halogens is 1. The molecule has 1 aliphatic heterocycles. The first-order valence-electron chi connectivity index (χ1n) is 8.94. The summed E-state index contributed by atoms with van der Waals surface area (Å²) < 4.78 is 6.59. The highest BCUT2D eigenvalue weighted by Crippen LogP contribution is 2.34. The van der Waals surface area contributed by atoms with Gasteiger partial charge in [0.2, 0.25) is 0 Å². The third-order valence-electron chi connectivity index (χ3n) is 4.38. The van der Waals surface area contributed by atoms with Crippen LogP contribution in [0.25, 0.3) is 10.4 Å². The van der Waals surface area contributed by atoms with Gasteiger partial charge in [-0.15, -0.1) is 6.58 Å². The summed E-state index contributed by atoms with van der Waals surface area (Å²) in [6, 6.07) is 0.0286. The van der Waals surface area contributed by atoms with Gasteiger partial charge in [0.05, 0.1) is 0 Å². The molecule has 0 bridgehead atoms. The number of carbonyl (C=O) groups is 1. The van der Waals surface area contributed by atoms with E-state index in [4.69, 9.17) is 10.3 Å². The van der Waals surface area contributed by atoms with Crippen molar-refractivity contribution in [1.82, 2.24) is 4.90 Å².